The largest absolute Gasteiger partial charge is 0.351 e. The lowest BCUT2D eigenvalue weighted by Gasteiger charge is -2.22. The molecular formula is C16H17ClN2O3S2. The van der Waals surface area contributed by atoms with E-state index in [2.05, 4.69) is 5.32 Å². The highest BCUT2D eigenvalue weighted by Crippen LogP contribution is 2.28. The van der Waals surface area contributed by atoms with Gasteiger partial charge in [-0.1, -0.05) is 35.9 Å². The van der Waals surface area contributed by atoms with Crippen molar-refractivity contribution in [2.75, 3.05) is 6.54 Å². The van der Waals surface area contributed by atoms with Gasteiger partial charge in [0.2, 0.25) is 5.91 Å². The van der Waals surface area contributed by atoms with E-state index in [1.54, 1.807) is 23.6 Å². The Kier molecular flexibility index (Phi) is 5.24. The number of rotatable bonds is 5. The summed E-state index contributed by atoms with van der Waals surface area (Å²) in [5.41, 5.74) is 0.804. The van der Waals surface area contributed by atoms with Crippen LogP contribution in [-0.2, 0) is 21.4 Å². The van der Waals surface area contributed by atoms with Crippen molar-refractivity contribution in [1.29, 1.82) is 0 Å². The summed E-state index contributed by atoms with van der Waals surface area (Å²) in [7, 11) is -3.62. The fourth-order valence-corrected chi connectivity index (χ4v) is 5.74. The van der Waals surface area contributed by atoms with Gasteiger partial charge in [-0.3, -0.25) is 4.79 Å². The summed E-state index contributed by atoms with van der Waals surface area (Å²) in [6, 6.07) is 9.84. The number of nitrogens with one attached hydrogen (secondary N) is 1. The molecule has 1 N–H and O–H groups in total. The van der Waals surface area contributed by atoms with Crippen molar-refractivity contribution in [3.05, 3.63) is 52.4 Å². The molecule has 128 valence electrons. The van der Waals surface area contributed by atoms with Gasteiger partial charge >= 0.3 is 0 Å². The summed E-state index contributed by atoms with van der Waals surface area (Å²) in [6.07, 6.45) is 1.20. The second-order valence-corrected chi connectivity index (χ2v) is 8.99. The van der Waals surface area contributed by atoms with Gasteiger partial charge in [-0.2, -0.15) is 4.31 Å². The average Bonchev–Trinajstić information content (AvgIpc) is 3.25. The van der Waals surface area contributed by atoms with Crippen molar-refractivity contribution in [1.82, 2.24) is 9.62 Å². The van der Waals surface area contributed by atoms with E-state index in [0.717, 1.165) is 16.9 Å². The van der Waals surface area contributed by atoms with Gasteiger partial charge < -0.3 is 5.32 Å². The van der Waals surface area contributed by atoms with Crippen LogP contribution in [0.3, 0.4) is 0 Å². The number of benzene rings is 1. The number of halogens is 1. The van der Waals surface area contributed by atoms with Gasteiger partial charge in [0, 0.05) is 18.1 Å². The summed E-state index contributed by atoms with van der Waals surface area (Å²) < 4.78 is 26.9. The highest BCUT2D eigenvalue weighted by molar-refractivity contribution is 7.91. The van der Waals surface area contributed by atoms with Gasteiger partial charge in [0.1, 0.15) is 10.3 Å². The molecule has 0 bridgehead atoms. The maximum absolute atomic E-state index is 12.7. The van der Waals surface area contributed by atoms with Crippen LogP contribution in [0.25, 0.3) is 0 Å². The first-order valence-electron chi connectivity index (χ1n) is 7.56. The number of nitrogens with zero attached hydrogens (tertiary/aromatic N) is 1. The van der Waals surface area contributed by atoms with Crippen LogP contribution >= 0.6 is 22.9 Å². The molecule has 1 atom stereocenters. The zero-order valence-electron chi connectivity index (χ0n) is 12.8. The standard InChI is InChI=1S/C16H17ClN2O3S2/c17-13-6-2-1-5-12(13)11-18-16(20)14-7-3-9-19(14)24(21,22)15-8-4-10-23-15/h1-2,4-6,8,10,14H,3,7,9,11H2,(H,18,20)/t14-/m0/s1. The van der Waals surface area contributed by atoms with Crippen molar-refractivity contribution >= 4 is 38.9 Å². The average molecular weight is 385 g/mol. The first-order valence-corrected chi connectivity index (χ1v) is 10.3. The molecule has 2 heterocycles. The summed E-state index contributed by atoms with van der Waals surface area (Å²) in [5.74, 6) is -0.285. The molecule has 3 rings (SSSR count). The fourth-order valence-electron chi connectivity index (χ4n) is 2.76. The van der Waals surface area contributed by atoms with E-state index in [-0.39, 0.29) is 16.7 Å². The highest BCUT2D eigenvalue weighted by Gasteiger charge is 2.39. The predicted octanol–water partition coefficient (Wildman–Crippen LogP) is 2.87. The number of hydrogen-bond acceptors (Lipinski definition) is 4. The van der Waals surface area contributed by atoms with Crippen LogP contribution in [0.15, 0.2) is 46.0 Å². The van der Waals surface area contributed by atoms with Gasteiger partial charge in [0.25, 0.3) is 10.0 Å². The fraction of sp³-hybridized carbons (Fsp3) is 0.312. The van der Waals surface area contributed by atoms with Gasteiger partial charge in [-0.05, 0) is 35.9 Å². The molecule has 1 amide bonds. The van der Waals surface area contributed by atoms with Crippen LogP contribution in [0.4, 0.5) is 0 Å². The molecule has 5 nitrogen and oxygen atoms in total. The third-order valence-corrected chi connectivity index (χ3v) is 7.63. The lowest BCUT2D eigenvalue weighted by molar-refractivity contribution is -0.124. The van der Waals surface area contributed by atoms with Crippen molar-refractivity contribution in [2.45, 2.75) is 29.6 Å². The van der Waals surface area contributed by atoms with Crippen LogP contribution in [0.5, 0.6) is 0 Å². The Hall–Kier alpha value is -1.41. The molecule has 1 fully saturated rings. The van der Waals surface area contributed by atoms with Crippen molar-refractivity contribution in [3.8, 4) is 0 Å². The van der Waals surface area contributed by atoms with E-state index in [1.807, 2.05) is 18.2 Å². The molecule has 1 saturated heterocycles. The molecule has 0 saturated carbocycles. The molecule has 24 heavy (non-hydrogen) atoms. The Bertz CT molecular complexity index is 822. The second-order valence-electron chi connectivity index (χ2n) is 5.52. The third-order valence-electron chi connectivity index (χ3n) is 3.98. The smallest absolute Gasteiger partial charge is 0.253 e. The first kappa shape index (κ1) is 17.4. The van der Waals surface area contributed by atoms with E-state index in [4.69, 9.17) is 11.6 Å². The molecular weight excluding hydrogens is 368 g/mol. The highest BCUT2D eigenvalue weighted by atomic mass is 35.5. The zero-order chi connectivity index (χ0) is 17.2. The molecule has 1 aliphatic heterocycles. The number of sulfonamides is 1. The number of carbonyl (C=O) groups is 1. The maximum Gasteiger partial charge on any atom is 0.253 e. The Morgan fingerprint density at radius 3 is 2.79 bits per heavy atom. The monoisotopic (exact) mass is 384 g/mol. The van der Waals surface area contributed by atoms with E-state index < -0.39 is 16.1 Å². The Morgan fingerprint density at radius 2 is 2.08 bits per heavy atom. The minimum Gasteiger partial charge on any atom is -0.351 e. The van der Waals surface area contributed by atoms with Crippen molar-refractivity contribution in [3.63, 3.8) is 0 Å². The van der Waals surface area contributed by atoms with Gasteiger partial charge in [-0.25, -0.2) is 8.42 Å². The summed E-state index contributed by atoms with van der Waals surface area (Å²) >= 11 is 7.24. The molecule has 1 aromatic carbocycles. The zero-order valence-corrected chi connectivity index (χ0v) is 15.2. The second kappa shape index (κ2) is 7.23. The SMILES string of the molecule is O=C(NCc1ccccc1Cl)[C@@H]1CCCN1S(=O)(=O)c1cccs1. The van der Waals surface area contributed by atoms with Crippen molar-refractivity contribution < 1.29 is 13.2 Å². The van der Waals surface area contributed by atoms with Crippen LogP contribution in [0, 0.1) is 0 Å². The van der Waals surface area contributed by atoms with Crippen LogP contribution < -0.4 is 5.32 Å². The summed E-state index contributed by atoms with van der Waals surface area (Å²) in [4.78, 5) is 12.5. The molecule has 2 aromatic rings. The van der Waals surface area contributed by atoms with Gasteiger partial charge in [0.05, 0.1) is 0 Å². The molecule has 0 unspecified atom stereocenters. The molecule has 0 radical (unpaired) electrons. The topological polar surface area (TPSA) is 66.5 Å². The Balaban J connectivity index is 1.71. The van der Waals surface area contributed by atoms with Crippen LogP contribution in [0.1, 0.15) is 18.4 Å². The lowest BCUT2D eigenvalue weighted by atomic mass is 10.2. The number of thiophene rings is 1. The minimum absolute atomic E-state index is 0.272. The predicted molar refractivity (Wildman–Crippen MR) is 94.5 cm³/mol. The number of amides is 1. The normalized spacial score (nSPS) is 18.6. The molecule has 0 spiro atoms. The van der Waals surface area contributed by atoms with Crippen LogP contribution in [0.2, 0.25) is 5.02 Å². The maximum atomic E-state index is 12.7. The van der Waals surface area contributed by atoms with E-state index >= 15 is 0 Å². The third kappa shape index (κ3) is 3.49. The number of carbonyl (C=O) groups excluding carboxylic acids is 1. The summed E-state index contributed by atoms with van der Waals surface area (Å²) in [6.45, 7) is 0.645. The molecule has 1 aromatic heterocycles. The Labute approximate surface area is 150 Å². The van der Waals surface area contributed by atoms with Crippen LogP contribution in [-0.4, -0.2) is 31.2 Å². The quantitative estimate of drug-likeness (QED) is 0.861. The minimum atomic E-state index is -3.62. The lowest BCUT2D eigenvalue weighted by Crippen LogP contribution is -2.45. The number of hydrogen-bond donors (Lipinski definition) is 1. The van der Waals surface area contributed by atoms with E-state index in [0.29, 0.717) is 24.4 Å². The first-order chi connectivity index (χ1) is 11.5. The molecule has 8 heteroatoms. The van der Waals surface area contributed by atoms with Crippen molar-refractivity contribution in [2.24, 2.45) is 0 Å². The van der Waals surface area contributed by atoms with Gasteiger partial charge in [-0.15, -0.1) is 11.3 Å². The van der Waals surface area contributed by atoms with Gasteiger partial charge in [0.15, 0.2) is 0 Å². The van der Waals surface area contributed by atoms with E-state index in [9.17, 15) is 13.2 Å². The molecule has 0 aliphatic carbocycles. The van der Waals surface area contributed by atoms with E-state index in [1.165, 1.54) is 4.31 Å². The summed E-state index contributed by atoms with van der Waals surface area (Å²) in [5, 5.41) is 5.10. The molecule has 1 aliphatic rings. The Morgan fingerprint density at radius 1 is 1.29 bits per heavy atom.